The maximum Gasteiger partial charge on any atom is 0.251 e. The van der Waals surface area contributed by atoms with Crippen LogP contribution in [-0.4, -0.2) is 52.0 Å². The van der Waals surface area contributed by atoms with Crippen molar-refractivity contribution in [2.75, 3.05) is 33.4 Å². The first-order chi connectivity index (χ1) is 14.8. The number of carbonyl (C=O) groups is 1. The number of methoxy groups -OCH3 is 1. The van der Waals surface area contributed by atoms with Crippen molar-refractivity contribution in [1.82, 2.24) is 9.62 Å². The van der Waals surface area contributed by atoms with Gasteiger partial charge in [-0.1, -0.05) is 32.0 Å². The summed E-state index contributed by atoms with van der Waals surface area (Å²) in [5, 5.41) is 3.07. The number of hydrogen-bond acceptors (Lipinski definition) is 5. The van der Waals surface area contributed by atoms with Gasteiger partial charge in [0.1, 0.15) is 5.75 Å². The van der Waals surface area contributed by atoms with Gasteiger partial charge in [-0.05, 0) is 48.2 Å². The van der Waals surface area contributed by atoms with E-state index in [-0.39, 0.29) is 16.8 Å². The molecule has 7 nitrogen and oxygen atoms in total. The topological polar surface area (TPSA) is 84.9 Å². The molecule has 1 aliphatic heterocycles. The van der Waals surface area contributed by atoms with Gasteiger partial charge in [0, 0.05) is 18.7 Å². The predicted molar refractivity (Wildman–Crippen MR) is 119 cm³/mol. The molecule has 3 rings (SSSR count). The molecule has 1 atom stereocenters. The molecular weight excluding hydrogens is 416 g/mol. The van der Waals surface area contributed by atoms with E-state index >= 15 is 0 Å². The zero-order valence-corrected chi connectivity index (χ0v) is 19.0. The molecule has 0 bridgehead atoms. The van der Waals surface area contributed by atoms with Gasteiger partial charge in [-0.25, -0.2) is 8.42 Å². The number of hydrogen-bond donors (Lipinski definition) is 1. The summed E-state index contributed by atoms with van der Waals surface area (Å²) in [5.41, 5.74) is 1.29. The van der Waals surface area contributed by atoms with Crippen LogP contribution in [-0.2, 0) is 14.8 Å². The van der Waals surface area contributed by atoms with E-state index in [4.69, 9.17) is 9.47 Å². The van der Waals surface area contributed by atoms with Gasteiger partial charge in [-0.2, -0.15) is 4.31 Å². The van der Waals surface area contributed by atoms with Crippen molar-refractivity contribution < 1.29 is 22.7 Å². The molecule has 2 aromatic rings. The standard InChI is InChI=1S/C23H30N2O5S/c1-17(2)15-22(18-7-9-20(29-3)10-8-18)24-23(26)19-5-4-6-21(16-19)31(27,28)25-11-13-30-14-12-25/h4-10,16-17,22H,11-15H2,1-3H3,(H,24,26)/t22-/m1/s1. The normalized spacial score (nSPS) is 16.1. The Kier molecular flexibility index (Phi) is 7.69. The summed E-state index contributed by atoms with van der Waals surface area (Å²) in [7, 11) is -2.05. The van der Waals surface area contributed by atoms with Crippen LogP contribution in [0, 0.1) is 5.92 Å². The van der Waals surface area contributed by atoms with E-state index in [2.05, 4.69) is 19.2 Å². The zero-order chi connectivity index (χ0) is 22.4. The van der Waals surface area contributed by atoms with Crippen LogP contribution in [0.3, 0.4) is 0 Å². The highest BCUT2D eigenvalue weighted by Crippen LogP contribution is 2.25. The monoisotopic (exact) mass is 446 g/mol. The molecule has 0 unspecified atom stereocenters. The quantitative estimate of drug-likeness (QED) is 0.673. The van der Waals surface area contributed by atoms with Crippen LogP contribution in [0.15, 0.2) is 53.4 Å². The van der Waals surface area contributed by atoms with Crippen molar-refractivity contribution in [3.63, 3.8) is 0 Å². The number of nitrogens with one attached hydrogen (secondary N) is 1. The van der Waals surface area contributed by atoms with E-state index in [9.17, 15) is 13.2 Å². The van der Waals surface area contributed by atoms with Crippen LogP contribution >= 0.6 is 0 Å². The summed E-state index contributed by atoms with van der Waals surface area (Å²) >= 11 is 0. The Balaban J connectivity index is 1.81. The molecular formula is C23H30N2O5S. The number of nitrogens with zero attached hydrogens (tertiary/aromatic N) is 1. The molecule has 8 heteroatoms. The summed E-state index contributed by atoms with van der Waals surface area (Å²) in [6.45, 7) is 5.56. The number of benzene rings is 2. The number of amides is 1. The number of morpholine rings is 1. The van der Waals surface area contributed by atoms with Crippen LogP contribution in [0.5, 0.6) is 5.75 Å². The van der Waals surface area contributed by atoms with Crippen molar-refractivity contribution in [1.29, 1.82) is 0 Å². The highest BCUT2D eigenvalue weighted by atomic mass is 32.2. The van der Waals surface area contributed by atoms with Crippen molar-refractivity contribution >= 4 is 15.9 Å². The molecule has 0 aliphatic carbocycles. The minimum absolute atomic E-state index is 0.118. The third-order valence-electron chi connectivity index (χ3n) is 5.23. The lowest BCUT2D eigenvalue weighted by Crippen LogP contribution is -2.40. The number of carbonyl (C=O) groups excluding carboxylic acids is 1. The summed E-state index contributed by atoms with van der Waals surface area (Å²) in [4.78, 5) is 13.1. The summed E-state index contributed by atoms with van der Waals surface area (Å²) in [5.74, 6) is 0.806. The Morgan fingerprint density at radius 1 is 1.13 bits per heavy atom. The summed E-state index contributed by atoms with van der Waals surface area (Å²) in [6, 6.07) is 13.6. The van der Waals surface area contributed by atoms with Gasteiger partial charge in [0.2, 0.25) is 10.0 Å². The molecule has 0 aromatic heterocycles. The second-order valence-electron chi connectivity index (χ2n) is 7.97. The largest absolute Gasteiger partial charge is 0.497 e. The molecule has 31 heavy (non-hydrogen) atoms. The van der Waals surface area contributed by atoms with E-state index < -0.39 is 10.0 Å². The van der Waals surface area contributed by atoms with Crippen LogP contribution in [0.4, 0.5) is 0 Å². The number of sulfonamides is 1. The van der Waals surface area contributed by atoms with E-state index in [0.717, 1.165) is 17.7 Å². The van der Waals surface area contributed by atoms with Crippen LogP contribution in [0.25, 0.3) is 0 Å². The Bertz CT molecular complexity index is 983. The lowest BCUT2D eigenvalue weighted by Gasteiger charge is -2.26. The maximum absolute atomic E-state index is 13.0. The molecule has 1 fully saturated rings. The van der Waals surface area contributed by atoms with Crippen molar-refractivity contribution in [3.05, 3.63) is 59.7 Å². The Morgan fingerprint density at radius 2 is 1.81 bits per heavy atom. The van der Waals surface area contributed by atoms with Crippen molar-refractivity contribution in [2.24, 2.45) is 5.92 Å². The van der Waals surface area contributed by atoms with Gasteiger partial charge in [-0.3, -0.25) is 4.79 Å². The smallest absolute Gasteiger partial charge is 0.251 e. The first-order valence-electron chi connectivity index (χ1n) is 10.4. The highest BCUT2D eigenvalue weighted by molar-refractivity contribution is 7.89. The molecule has 0 spiro atoms. The number of rotatable bonds is 8. The van der Waals surface area contributed by atoms with E-state index in [1.165, 1.54) is 16.4 Å². The molecule has 1 heterocycles. The molecule has 1 amide bonds. The fourth-order valence-corrected chi connectivity index (χ4v) is 5.02. The molecule has 1 aliphatic rings. The average molecular weight is 447 g/mol. The third-order valence-corrected chi connectivity index (χ3v) is 7.13. The predicted octanol–water partition coefficient (Wildman–Crippen LogP) is 3.23. The second kappa shape index (κ2) is 10.3. The molecule has 0 radical (unpaired) electrons. The van der Waals surface area contributed by atoms with Gasteiger partial charge in [0.25, 0.3) is 5.91 Å². The van der Waals surface area contributed by atoms with Gasteiger partial charge in [0.15, 0.2) is 0 Å². The Labute approximate surface area is 184 Å². The first kappa shape index (κ1) is 23.2. The second-order valence-corrected chi connectivity index (χ2v) is 9.91. The number of ether oxygens (including phenoxy) is 2. The van der Waals surface area contributed by atoms with Crippen molar-refractivity contribution in [2.45, 2.75) is 31.2 Å². The SMILES string of the molecule is COc1ccc([C@@H](CC(C)C)NC(=O)c2cccc(S(=O)(=O)N3CCOCC3)c2)cc1. The third kappa shape index (κ3) is 5.84. The molecule has 168 valence electrons. The molecule has 1 N–H and O–H groups in total. The fourth-order valence-electron chi connectivity index (χ4n) is 3.56. The van der Waals surface area contributed by atoms with Crippen LogP contribution in [0.2, 0.25) is 0 Å². The van der Waals surface area contributed by atoms with Crippen LogP contribution in [0.1, 0.15) is 42.2 Å². The zero-order valence-electron chi connectivity index (χ0n) is 18.2. The van der Waals surface area contributed by atoms with E-state index in [1.54, 1.807) is 19.2 Å². The minimum Gasteiger partial charge on any atom is -0.497 e. The van der Waals surface area contributed by atoms with Gasteiger partial charge < -0.3 is 14.8 Å². The Hall–Kier alpha value is -2.42. The minimum atomic E-state index is -3.67. The van der Waals surface area contributed by atoms with E-state index in [1.807, 2.05) is 24.3 Å². The van der Waals surface area contributed by atoms with Gasteiger partial charge >= 0.3 is 0 Å². The van der Waals surface area contributed by atoms with Gasteiger partial charge in [-0.15, -0.1) is 0 Å². The molecule has 1 saturated heterocycles. The van der Waals surface area contributed by atoms with Gasteiger partial charge in [0.05, 0.1) is 31.3 Å². The molecule has 2 aromatic carbocycles. The average Bonchev–Trinajstić information content (AvgIpc) is 2.79. The summed E-state index contributed by atoms with van der Waals surface area (Å²) < 4.78 is 37.7. The molecule has 0 saturated carbocycles. The van der Waals surface area contributed by atoms with Crippen LogP contribution < -0.4 is 10.1 Å². The van der Waals surface area contributed by atoms with E-state index in [0.29, 0.717) is 37.8 Å². The Morgan fingerprint density at radius 3 is 2.42 bits per heavy atom. The first-order valence-corrected chi connectivity index (χ1v) is 11.9. The fraction of sp³-hybridized carbons (Fsp3) is 0.435. The lowest BCUT2D eigenvalue weighted by molar-refractivity contribution is 0.0730. The summed E-state index contributed by atoms with van der Waals surface area (Å²) in [6.07, 6.45) is 0.754. The highest BCUT2D eigenvalue weighted by Gasteiger charge is 2.27. The maximum atomic E-state index is 13.0. The van der Waals surface area contributed by atoms with Crippen molar-refractivity contribution in [3.8, 4) is 5.75 Å². The lowest BCUT2D eigenvalue weighted by atomic mass is 9.96.